The largest absolute Gasteiger partial charge is 0.496 e. The molecule has 0 fully saturated rings. The van der Waals surface area contributed by atoms with Gasteiger partial charge >= 0.3 is 6.01 Å². The first-order valence-corrected chi connectivity index (χ1v) is 13.4. The zero-order chi connectivity index (χ0) is 31.9. The van der Waals surface area contributed by atoms with Crippen LogP contribution in [0.25, 0.3) is 34.4 Å². The van der Waals surface area contributed by atoms with Crippen LogP contribution in [0.2, 0.25) is 0 Å². The van der Waals surface area contributed by atoms with E-state index in [9.17, 15) is 9.59 Å². The molecule has 0 aliphatic carbocycles. The van der Waals surface area contributed by atoms with Crippen LogP contribution >= 0.6 is 0 Å². The monoisotopic (exact) mass is 615 g/mol. The second-order valence-corrected chi connectivity index (χ2v) is 9.23. The Labute approximate surface area is 256 Å². The quantitative estimate of drug-likeness (QED) is 0.199. The molecule has 3 aromatic carbocycles. The molecule has 5 rings (SSSR count). The summed E-state index contributed by atoms with van der Waals surface area (Å²) in [5.41, 5.74) is 0.825. The molecule has 0 saturated carbocycles. The third-order valence-electron chi connectivity index (χ3n) is 6.53. The Balaban J connectivity index is 1.49. The first-order valence-electron chi connectivity index (χ1n) is 13.4. The Morgan fingerprint density at radius 2 is 1.51 bits per heavy atom. The third-order valence-corrected chi connectivity index (χ3v) is 6.53. The van der Waals surface area contributed by atoms with Gasteiger partial charge in [0.1, 0.15) is 22.5 Å². The van der Waals surface area contributed by atoms with Gasteiger partial charge in [0.15, 0.2) is 23.9 Å². The van der Waals surface area contributed by atoms with Crippen LogP contribution in [0.1, 0.15) is 11.5 Å². The van der Waals surface area contributed by atoms with Crippen LogP contribution in [0.3, 0.4) is 0 Å². The minimum absolute atomic E-state index is 0.0130. The second kappa shape index (κ2) is 13.5. The van der Waals surface area contributed by atoms with Crippen molar-refractivity contribution in [1.29, 1.82) is 0 Å². The van der Waals surface area contributed by atoms with E-state index in [2.05, 4.69) is 15.5 Å². The molecule has 2 aromatic heterocycles. The summed E-state index contributed by atoms with van der Waals surface area (Å²) in [4.78, 5) is 26.8. The van der Waals surface area contributed by atoms with E-state index >= 15 is 0 Å². The summed E-state index contributed by atoms with van der Waals surface area (Å²) in [5, 5.41) is 10.3. The van der Waals surface area contributed by atoms with E-state index in [1.165, 1.54) is 47.7 Å². The van der Waals surface area contributed by atoms with Crippen LogP contribution < -0.4 is 39.2 Å². The Bertz CT molecular complexity index is 1890. The minimum Gasteiger partial charge on any atom is -0.496 e. The van der Waals surface area contributed by atoms with Crippen molar-refractivity contribution in [3.8, 4) is 45.8 Å². The molecule has 0 atom stereocenters. The molecule has 1 N–H and O–H groups in total. The van der Waals surface area contributed by atoms with Gasteiger partial charge in [-0.15, -0.1) is 5.10 Å². The predicted octanol–water partition coefficient (Wildman–Crippen LogP) is 5.07. The summed E-state index contributed by atoms with van der Waals surface area (Å²) in [5.74, 6) is 0.731. The number of nitrogens with zero attached hydrogens (tertiary/aromatic N) is 2. The molecule has 13 nitrogen and oxygen atoms in total. The maximum absolute atomic E-state index is 13.9. The van der Waals surface area contributed by atoms with Crippen molar-refractivity contribution in [2.24, 2.45) is 0 Å². The van der Waals surface area contributed by atoms with E-state index in [-0.39, 0.29) is 40.1 Å². The normalized spacial score (nSPS) is 11.0. The zero-order valence-electron chi connectivity index (χ0n) is 25.0. The number of aromatic nitrogens is 2. The molecule has 0 aliphatic rings. The van der Waals surface area contributed by atoms with Crippen molar-refractivity contribution in [1.82, 2.24) is 10.2 Å². The predicted molar refractivity (Wildman–Crippen MR) is 164 cm³/mol. The maximum Gasteiger partial charge on any atom is 0.322 e. The summed E-state index contributed by atoms with van der Waals surface area (Å²) in [6.07, 6.45) is 3.40. The Morgan fingerprint density at radius 3 is 2.16 bits per heavy atom. The first-order chi connectivity index (χ1) is 21.9. The summed E-state index contributed by atoms with van der Waals surface area (Å²) in [7, 11) is 7.25. The van der Waals surface area contributed by atoms with E-state index in [0.29, 0.717) is 28.6 Å². The minimum atomic E-state index is -0.672. The van der Waals surface area contributed by atoms with Crippen LogP contribution in [0.5, 0.6) is 34.5 Å². The number of methoxy groups -OCH3 is 5. The lowest BCUT2D eigenvalue weighted by Crippen LogP contribution is -2.23. The van der Waals surface area contributed by atoms with Gasteiger partial charge in [-0.2, -0.15) is 0 Å². The lowest BCUT2D eigenvalue weighted by molar-refractivity contribution is -0.118. The zero-order valence-corrected chi connectivity index (χ0v) is 25.0. The van der Waals surface area contributed by atoms with Crippen LogP contribution in [0.15, 0.2) is 68.2 Å². The molecule has 0 unspecified atom stereocenters. The molecule has 13 heteroatoms. The fourth-order valence-electron chi connectivity index (χ4n) is 4.43. The SMILES string of the molecule is COc1cc(OC)c2c(=O)c(OCC(=O)Nc3nnc(/C=C/c4ccccc4)o3)c(-c3cc(OC)c(OC)c(OC)c3)oc2c1. The van der Waals surface area contributed by atoms with Gasteiger partial charge in [-0.3, -0.25) is 14.9 Å². The van der Waals surface area contributed by atoms with E-state index in [0.717, 1.165) is 5.56 Å². The van der Waals surface area contributed by atoms with Gasteiger partial charge in [-0.1, -0.05) is 35.4 Å². The lowest BCUT2D eigenvalue weighted by Gasteiger charge is -2.16. The number of carbonyl (C=O) groups excluding carboxylic acids is 1. The topological polar surface area (TPSA) is 154 Å². The third kappa shape index (κ3) is 6.51. The number of benzene rings is 3. The molecule has 2 heterocycles. The second-order valence-electron chi connectivity index (χ2n) is 9.23. The Hall–Kier alpha value is -5.98. The molecule has 1 amide bonds. The van der Waals surface area contributed by atoms with Gasteiger partial charge in [0, 0.05) is 23.8 Å². The molecule has 45 heavy (non-hydrogen) atoms. The molecule has 5 aromatic rings. The highest BCUT2D eigenvalue weighted by atomic mass is 16.5. The number of hydrogen-bond donors (Lipinski definition) is 1. The van der Waals surface area contributed by atoms with Crippen molar-refractivity contribution in [2.75, 3.05) is 47.5 Å². The van der Waals surface area contributed by atoms with Gasteiger partial charge in [-0.25, -0.2) is 0 Å². The molecule has 0 saturated heterocycles. The maximum atomic E-state index is 13.9. The Kier molecular flexibility index (Phi) is 9.17. The van der Waals surface area contributed by atoms with Crippen LogP contribution in [-0.2, 0) is 4.79 Å². The highest BCUT2D eigenvalue weighted by molar-refractivity contribution is 5.91. The van der Waals surface area contributed by atoms with Crippen molar-refractivity contribution in [2.45, 2.75) is 0 Å². The highest BCUT2D eigenvalue weighted by Crippen LogP contribution is 2.44. The number of hydrogen-bond acceptors (Lipinski definition) is 12. The number of rotatable bonds is 12. The number of ether oxygens (including phenoxy) is 6. The van der Waals surface area contributed by atoms with Crippen LogP contribution in [0, 0.1) is 0 Å². The average Bonchev–Trinajstić information content (AvgIpc) is 3.52. The van der Waals surface area contributed by atoms with E-state index in [4.69, 9.17) is 37.3 Å². The summed E-state index contributed by atoms with van der Waals surface area (Å²) in [6, 6.07) is 15.6. The van der Waals surface area contributed by atoms with E-state index in [1.54, 1.807) is 24.3 Å². The van der Waals surface area contributed by atoms with Crippen LogP contribution in [-0.4, -0.2) is 58.3 Å². The summed E-state index contributed by atoms with van der Waals surface area (Å²) < 4.78 is 44.7. The standard InChI is InChI=1S/C32H29N3O10/c1-38-20-15-21(39-2)27-22(16-20)44-29(19-13-23(40-3)30(42-5)24(14-19)41-4)31(28(27)37)43-17-25(36)33-32-35-34-26(45-32)12-11-18-9-7-6-8-10-18/h6-16H,17H2,1-5H3,(H,33,35,36)/b12-11+. The number of nitrogens with one attached hydrogen (secondary N) is 1. The summed E-state index contributed by atoms with van der Waals surface area (Å²) >= 11 is 0. The first kappa shape index (κ1) is 30.5. The molecule has 0 spiro atoms. The van der Waals surface area contributed by atoms with Gasteiger partial charge in [0.2, 0.25) is 22.8 Å². The number of carbonyl (C=O) groups is 1. The van der Waals surface area contributed by atoms with Gasteiger partial charge in [0.25, 0.3) is 5.91 Å². The number of amides is 1. The molecule has 0 radical (unpaired) electrons. The van der Waals surface area contributed by atoms with Crippen LogP contribution in [0.4, 0.5) is 6.01 Å². The Morgan fingerprint density at radius 1 is 0.800 bits per heavy atom. The average molecular weight is 616 g/mol. The van der Waals surface area contributed by atoms with Crippen molar-refractivity contribution < 1.29 is 42.1 Å². The molecule has 232 valence electrons. The van der Waals surface area contributed by atoms with Gasteiger partial charge < -0.3 is 37.3 Å². The number of fused-ring (bicyclic) bond motifs is 1. The van der Waals surface area contributed by atoms with E-state index < -0.39 is 17.9 Å². The van der Waals surface area contributed by atoms with Crippen molar-refractivity contribution in [3.05, 3.63) is 76.3 Å². The lowest BCUT2D eigenvalue weighted by atomic mass is 10.1. The van der Waals surface area contributed by atoms with Crippen molar-refractivity contribution in [3.63, 3.8) is 0 Å². The summed E-state index contributed by atoms with van der Waals surface area (Å²) in [6.45, 7) is -0.607. The smallest absolute Gasteiger partial charge is 0.322 e. The molecule has 0 aliphatic heterocycles. The fraction of sp³-hybridized carbons (Fsp3) is 0.188. The highest BCUT2D eigenvalue weighted by Gasteiger charge is 2.25. The number of anilines is 1. The van der Waals surface area contributed by atoms with Gasteiger partial charge in [-0.05, 0) is 23.8 Å². The molecular weight excluding hydrogens is 586 g/mol. The van der Waals surface area contributed by atoms with Crippen molar-refractivity contribution >= 4 is 35.0 Å². The molecular formula is C32H29N3O10. The fourth-order valence-corrected chi connectivity index (χ4v) is 4.43. The van der Waals surface area contributed by atoms with E-state index in [1.807, 2.05) is 30.3 Å². The van der Waals surface area contributed by atoms with Gasteiger partial charge in [0.05, 0.1) is 35.5 Å². The molecule has 0 bridgehead atoms.